The van der Waals surface area contributed by atoms with Crippen molar-refractivity contribution in [3.8, 4) is 11.1 Å². The van der Waals surface area contributed by atoms with Crippen LogP contribution in [0.3, 0.4) is 0 Å². The van der Waals surface area contributed by atoms with E-state index in [0.717, 1.165) is 23.2 Å². The highest BCUT2D eigenvalue weighted by atomic mass is 16.3. The molecule has 3 N–H and O–H groups in total. The van der Waals surface area contributed by atoms with Crippen LogP contribution < -0.4 is 10.6 Å². The van der Waals surface area contributed by atoms with Crippen LogP contribution in [0.1, 0.15) is 39.7 Å². The number of aliphatic hydroxyl groups is 1. The molecule has 1 atom stereocenters. The Labute approximate surface area is 180 Å². The van der Waals surface area contributed by atoms with Crippen LogP contribution in [-0.2, 0) is 0 Å². The van der Waals surface area contributed by atoms with Gasteiger partial charge in [-0.2, -0.15) is 9.97 Å². The first-order chi connectivity index (χ1) is 15.0. The molecular weight excluding hydrogens is 392 g/mol. The summed E-state index contributed by atoms with van der Waals surface area (Å²) in [5, 5.41) is 16.6. The summed E-state index contributed by atoms with van der Waals surface area (Å²) in [6.07, 6.45) is 7.56. The van der Waals surface area contributed by atoms with Gasteiger partial charge in [0.15, 0.2) is 17.0 Å². The second-order valence-corrected chi connectivity index (χ2v) is 7.60. The fourth-order valence-corrected chi connectivity index (χ4v) is 3.30. The number of hydrogen-bond donors (Lipinski definition) is 3. The maximum atomic E-state index is 10.2. The molecule has 0 amide bonds. The van der Waals surface area contributed by atoms with Gasteiger partial charge in [-0.3, -0.25) is 0 Å². The molecule has 0 saturated heterocycles. The summed E-state index contributed by atoms with van der Waals surface area (Å²) in [4.78, 5) is 21.9. The third-order valence-corrected chi connectivity index (χ3v) is 4.85. The monoisotopic (exact) mass is 418 g/mol. The fourth-order valence-electron chi connectivity index (χ4n) is 3.30. The van der Waals surface area contributed by atoms with Gasteiger partial charge in [0, 0.05) is 29.7 Å². The average molecular weight is 419 g/mol. The van der Waals surface area contributed by atoms with Crippen LogP contribution in [0.25, 0.3) is 22.3 Å². The van der Waals surface area contributed by atoms with E-state index >= 15 is 0 Å². The molecule has 160 valence electrons. The van der Waals surface area contributed by atoms with Crippen molar-refractivity contribution in [3.05, 3.63) is 49.3 Å². The van der Waals surface area contributed by atoms with Gasteiger partial charge in [-0.1, -0.05) is 25.5 Å². The molecule has 0 aliphatic heterocycles. The summed E-state index contributed by atoms with van der Waals surface area (Å²) >= 11 is 0. The maximum absolute atomic E-state index is 10.2. The highest BCUT2D eigenvalue weighted by molar-refractivity contribution is 5.87. The lowest BCUT2D eigenvalue weighted by atomic mass is 10.1. The Morgan fingerprint density at radius 3 is 2.65 bits per heavy atom. The molecule has 0 aliphatic carbocycles. The summed E-state index contributed by atoms with van der Waals surface area (Å²) in [6, 6.07) is 8.11. The fraction of sp³-hybridized carbons (Fsp3) is 0.318. The molecule has 31 heavy (non-hydrogen) atoms. The second kappa shape index (κ2) is 9.05. The number of nitrogens with zero attached hydrogens (tertiary/aromatic N) is 6. The first-order valence-electron chi connectivity index (χ1n) is 10.4. The smallest absolute Gasteiger partial charge is 0.228 e. The van der Waals surface area contributed by atoms with E-state index in [1.165, 1.54) is 6.33 Å². The highest BCUT2D eigenvalue weighted by Crippen LogP contribution is 2.28. The van der Waals surface area contributed by atoms with Gasteiger partial charge < -0.3 is 20.3 Å². The zero-order valence-electron chi connectivity index (χ0n) is 17.8. The number of rotatable bonds is 8. The topological polar surface area (TPSA) is 114 Å². The Hall–Kier alpha value is -3.59. The van der Waals surface area contributed by atoms with Crippen molar-refractivity contribution in [1.29, 1.82) is 0 Å². The molecule has 0 radical (unpaired) electrons. The first-order valence-corrected chi connectivity index (χ1v) is 10.4. The Morgan fingerprint density at radius 2 is 1.90 bits per heavy atom. The molecule has 1 aromatic carbocycles. The normalized spacial score (nSPS) is 12.3. The van der Waals surface area contributed by atoms with E-state index in [4.69, 9.17) is 0 Å². The molecule has 3 aromatic heterocycles. The summed E-state index contributed by atoms with van der Waals surface area (Å²) in [7, 11) is 0. The van der Waals surface area contributed by atoms with Gasteiger partial charge >= 0.3 is 0 Å². The SMILES string of the molecule is CCC[C@@H](O)Nc1nc(Nc2cccc(-c3cncnc3)c2)c2ncn(C(C)C)c2n1. The molecule has 9 nitrogen and oxygen atoms in total. The zero-order chi connectivity index (χ0) is 21.8. The number of anilines is 3. The van der Waals surface area contributed by atoms with Crippen molar-refractivity contribution in [3.63, 3.8) is 0 Å². The quantitative estimate of drug-likeness (QED) is 0.366. The number of aliphatic hydroxyl groups excluding tert-OH is 1. The average Bonchev–Trinajstić information content (AvgIpc) is 3.19. The molecule has 0 fully saturated rings. The van der Waals surface area contributed by atoms with Crippen LogP contribution in [-0.4, -0.2) is 40.8 Å². The lowest BCUT2D eigenvalue weighted by Gasteiger charge is -2.15. The van der Waals surface area contributed by atoms with Crippen LogP contribution in [0.4, 0.5) is 17.5 Å². The van der Waals surface area contributed by atoms with Gasteiger partial charge in [0.25, 0.3) is 0 Å². The minimum atomic E-state index is -0.716. The Bertz CT molecular complexity index is 1160. The van der Waals surface area contributed by atoms with E-state index in [1.54, 1.807) is 18.7 Å². The number of nitrogens with one attached hydrogen (secondary N) is 2. The minimum absolute atomic E-state index is 0.183. The summed E-state index contributed by atoms with van der Waals surface area (Å²) in [6.45, 7) is 6.15. The van der Waals surface area contributed by atoms with Crippen molar-refractivity contribution < 1.29 is 5.11 Å². The van der Waals surface area contributed by atoms with E-state index in [9.17, 15) is 5.11 Å². The lowest BCUT2D eigenvalue weighted by Crippen LogP contribution is -2.20. The summed E-state index contributed by atoms with van der Waals surface area (Å²) in [5.74, 6) is 0.919. The molecule has 0 saturated carbocycles. The Morgan fingerprint density at radius 1 is 1.10 bits per heavy atom. The molecule has 4 rings (SSSR count). The van der Waals surface area contributed by atoms with E-state index in [-0.39, 0.29) is 6.04 Å². The first kappa shape index (κ1) is 20.7. The Balaban J connectivity index is 1.72. The third-order valence-electron chi connectivity index (χ3n) is 4.85. The van der Waals surface area contributed by atoms with Crippen molar-refractivity contribution in [2.24, 2.45) is 0 Å². The number of fused-ring (bicyclic) bond motifs is 1. The molecule has 9 heteroatoms. The van der Waals surface area contributed by atoms with Crippen LogP contribution >= 0.6 is 0 Å². The summed E-state index contributed by atoms with van der Waals surface area (Å²) < 4.78 is 1.98. The molecule has 0 bridgehead atoms. The van der Waals surface area contributed by atoms with Gasteiger partial charge in [0.2, 0.25) is 5.95 Å². The number of benzene rings is 1. The number of aromatic nitrogens is 6. The Kier molecular flexibility index (Phi) is 6.03. The van der Waals surface area contributed by atoms with Crippen molar-refractivity contribution in [2.75, 3.05) is 10.6 Å². The predicted octanol–water partition coefficient (Wildman–Crippen LogP) is 4.14. The van der Waals surface area contributed by atoms with Crippen molar-refractivity contribution in [2.45, 2.75) is 45.9 Å². The second-order valence-electron chi connectivity index (χ2n) is 7.60. The molecule has 0 aliphatic rings. The van der Waals surface area contributed by atoms with E-state index in [0.29, 0.717) is 29.4 Å². The molecule has 0 unspecified atom stereocenters. The van der Waals surface area contributed by atoms with Gasteiger partial charge in [0.1, 0.15) is 12.6 Å². The standard InChI is InChI=1S/C22H26N8O/c1-4-6-18(31)27-22-28-20(19-21(29-22)30(13-25-19)14(2)3)26-17-8-5-7-15(9-17)16-10-23-12-24-11-16/h5,7-14,18,31H,4,6H2,1-3H3,(H2,26,27,28,29)/t18-/m1/s1. The van der Waals surface area contributed by atoms with E-state index in [2.05, 4.69) is 49.4 Å². The largest absolute Gasteiger partial charge is 0.374 e. The van der Waals surface area contributed by atoms with Gasteiger partial charge in [-0.25, -0.2) is 15.0 Å². The molecule has 4 aromatic rings. The van der Waals surface area contributed by atoms with Crippen LogP contribution in [0, 0.1) is 0 Å². The van der Waals surface area contributed by atoms with E-state index in [1.807, 2.05) is 35.8 Å². The van der Waals surface area contributed by atoms with Crippen LogP contribution in [0.2, 0.25) is 0 Å². The van der Waals surface area contributed by atoms with Gasteiger partial charge in [-0.05, 0) is 38.0 Å². The van der Waals surface area contributed by atoms with Gasteiger partial charge in [-0.15, -0.1) is 0 Å². The van der Waals surface area contributed by atoms with Crippen LogP contribution in [0.5, 0.6) is 0 Å². The number of hydrogen-bond acceptors (Lipinski definition) is 8. The number of imidazole rings is 1. The molecular formula is C22H26N8O. The lowest BCUT2D eigenvalue weighted by molar-refractivity contribution is 0.191. The van der Waals surface area contributed by atoms with Crippen molar-refractivity contribution >= 4 is 28.6 Å². The van der Waals surface area contributed by atoms with Crippen molar-refractivity contribution in [1.82, 2.24) is 29.5 Å². The highest BCUT2D eigenvalue weighted by Gasteiger charge is 2.16. The van der Waals surface area contributed by atoms with Gasteiger partial charge in [0.05, 0.1) is 6.33 Å². The predicted molar refractivity (Wildman–Crippen MR) is 121 cm³/mol. The van der Waals surface area contributed by atoms with Crippen LogP contribution in [0.15, 0.2) is 49.3 Å². The molecule has 3 heterocycles. The zero-order valence-corrected chi connectivity index (χ0v) is 17.8. The molecule has 0 spiro atoms. The minimum Gasteiger partial charge on any atom is -0.374 e. The maximum Gasteiger partial charge on any atom is 0.228 e. The summed E-state index contributed by atoms with van der Waals surface area (Å²) in [5.41, 5.74) is 4.12. The third kappa shape index (κ3) is 4.61. The van der Waals surface area contributed by atoms with E-state index < -0.39 is 6.23 Å².